The Labute approximate surface area is 185 Å². The fourth-order valence-electron chi connectivity index (χ4n) is 4.76. The Hall–Kier alpha value is -2.66. The van der Waals surface area contributed by atoms with E-state index in [9.17, 15) is 0 Å². The standard InChI is InChI=1S/C25H25BrN4/c1-17-12-18(2)14-29(13-17)24-23-22(19-6-4-3-5-7-19)15-30(25(23)28-16-27-24)21-10-8-20(26)9-11-21/h3-11,15-18H,12-14H2,1-2H3/t17-,18-/m0/s1. The molecule has 30 heavy (non-hydrogen) atoms. The van der Waals surface area contributed by atoms with Crippen molar-refractivity contribution in [2.45, 2.75) is 20.3 Å². The second-order valence-electron chi connectivity index (χ2n) is 8.50. The number of hydrogen-bond acceptors (Lipinski definition) is 3. The molecule has 0 radical (unpaired) electrons. The fourth-order valence-corrected chi connectivity index (χ4v) is 5.02. The molecule has 0 spiro atoms. The summed E-state index contributed by atoms with van der Waals surface area (Å²) in [6.45, 7) is 6.75. The second kappa shape index (κ2) is 7.88. The van der Waals surface area contributed by atoms with Crippen LogP contribution in [0, 0.1) is 11.8 Å². The molecule has 0 unspecified atom stereocenters. The minimum absolute atomic E-state index is 0.660. The summed E-state index contributed by atoms with van der Waals surface area (Å²) in [5.74, 6) is 2.37. The van der Waals surface area contributed by atoms with Crippen LogP contribution in [0.2, 0.25) is 0 Å². The molecule has 1 aliphatic heterocycles. The van der Waals surface area contributed by atoms with Crippen LogP contribution in [-0.4, -0.2) is 27.6 Å². The van der Waals surface area contributed by atoms with Crippen molar-refractivity contribution in [3.05, 3.63) is 71.6 Å². The molecule has 0 N–H and O–H groups in total. The lowest BCUT2D eigenvalue weighted by atomic mass is 9.91. The van der Waals surface area contributed by atoms with Gasteiger partial charge in [0.15, 0.2) is 5.65 Å². The van der Waals surface area contributed by atoms with E-state index >= 15 is 0 Å². The van der Waals surface area contributed by atoms with Gasteiger partial charge in [-0.3, -0.25) is 0 Å². The van der Waals surface area contributed by atoms with Crippen molar-refractivity contribution in [3.63, 3.8) is 0 Å². The van der Waals surface area contributed by atoms with Gasteiger partial charge in [0.2, 0.25) is 0 Å². The van der Waals surface area contributed by atoms with E-state index in [0.717, 1.165) is 40.1 Å². The van der Waals surface area contributed by atoms with Gasteiger partial charge in [0.1, 0.15) is 12.1 Å². The minimum Gasteiger partial charge on any atom is -0.355 e. The first kappa shape index (κ1) is 19.3. The van der Waals surface area contributed by atoms with Crippen LogP contribution in [0.4, 0.5) is 5.82 Å². The van der Waals surface area contributed by atoms with Gasteiger partial charge < -0.3 is 9.47 Å². The van der Waals surface area contributed by atoms with E-state index in [4.69, 9.17) is 9.97 Å². The van der Waals surface area contributed by atoms with Crippen molar-refractivity contribution >= 4 is 32.8 Å². The van der Waals surface area contributed by atoms with Crippen LogP contribution < -0.4 is 4.90 Å². The van der Waals surface area contributed by atoms with Gasteiger partial charge >= 0.3 is 0 Å². The van der Waals surface area contributed by atoms with Crippen molar-refractivity contribution in [2.75, 3.05) is 18.0 Å². The van der Waals surface area contributed by atoms with Crippen LogP contribution in [0.5, 0.6) is 0 Å². The largest absolute Gasteiger partial charge is 0.355 e. The van der Waals surface area contributed by atoms with Gasteiger partial charge in [0.05, 0.1) is 5.39 Å². The molecule has 0 saturated carbocycles. The van der Waals surface area contributed by atoms with Crippen molar-refractivity contribution in [2.24, 2.45) is 11.8 Å². The number of benzene rings is 2. The Morgan fingerprint density at radius 2 is 1.60 bits per heavy atom. The lowest BCUT2D eigenvalue weighted by molar-refractivity contribution is 0.356. The number of piperidine rings is 1. The SMILES string of the molecule is C[C@H]1C[C@H](C)CN(c2ncnc3c2c(-c2ccccc2)cn3-c2ccc(Br)cc2)C1. The third-order valence-corrected chi connectivity index (χ3v) is 6.45. The molecule has 1 aliphatic rings. The van der Waals surface area contributed by atoms with Crippen LogP contribution in [0.15, 0.2) is 71.6 Å². The normalized spacial score (nSPS) is 19.4. The fraction of sp³-hybridized carbons (Fsp3) is 0.280. The number of aromatic nitrogens is 3. The molecule has 0 bridgehead atoms. The van der Waals surface area contributed by atoms with Crippen LogP contribution in [0.3, 0.4) is 0 Å². The van der Waals surface area contributed by atoms with E-state index < -0.39 is 0 Å². The maximum absolute atomic E-state index is 4.80. The first-order valence-corrected chi connectivity index (χ1v) is 11.3. The quantitative estimate of drug-likeness (QED) is 0.358. The predicted octanol–water partition coefficient (Wildman–Crippen LogP) is 6.33. The van der Waals surface area contributed by atoms with Crippen molar-refractivity contribution < 1.29 is 0 Å². The molecule has 5 heteroatoms. The van der Waals surface area contributed by atoms with Crippen molar-refractivity contribution in [1.82, 2.24) is 14.5 Å². The molecule has 1 fully saturated rings. The average molecular weight is 461 g/mol. The molecule has 4 aromatic rings. The third kappa shape index (κ3) is 3.52. The maximum Gasteiger partial charge on any atom is 0.150 e. The Morgan fingerprint density at radius 3 is 2.30 bits per heavy atom. The number of rotatable bonds is 3. The highest BCUT2D eigenvalue weighted by molar-refractivity contribution is 9.10. The van der Waals surface area contributed by atoms with Crippen LogP contribution >= 0.6 is 15.9 Å². The van der Waals surface area contributed by atoms with Gasteiger partial charge in [-0.05, 0) is 48.1 Å². The van der Waals surface area contributed by atoms with Gasteiger partial charge in [0.25, 0.3) is 0 Å². The highest BCUT2D eigenvalue weighted by Crippen LogP contribution is 2.38. The predicted molar refractivity (Wildman–Crippen MR) is 127 cm³/mol. The molecule has 1 saturated heterocycles. The molecule has 0 aliphatic carbocycles. The topological polar surface area (TPSA) is 34.0 Å². The van der Waals surface area contributed by atoms with Gasteiger partial charge in [-0.25, -0.2) is 9.97 Å². The summed E-state index contributed by atoms with van der Waals surface area (Å²) in [6, 6.07) is 18.9. The molecule has 3 heterocycles. The Kier molecular flexibility index (Phi) is 5.07. The summed E-state index contributed by atoms with van der Waals surface area (Å²) < 4.78 is 3.25. The first-order chi connectivity index (χ1) is 14.6. The first-order valence-electron chi connectivity index (χ1n) is 10.5. The zero-order valence-corrected chi connectivity index (χ0v) is 18.9. The van der Waals surface area contributed by atoms with Crippen LogP contribution in [0.1, 0.15) is 20.3 Å². The smallest absolute Gasteiger partial charge is 0.150 e. The Balaban J connectivity index is 1.75. The molecule has 152 valence electrons. The summed E-state index contributed by atoms with van der Waals surface area (Å²) in [6.07, 6.45) is 5.19. The Bertz CT molecular complexity index is 1160. The second-order valence-corrected chi connectivity index (χ2v) is 9.42. The summed E-state index contributed by atoms with van der Waals surface area (Å²) in [5.41, 5.74) is 4.41. The number of nitrogens with zero attached hydrogens (tertiary/aromatic N) is 4. The molecule has 2 aromatic carbocycles. The molecule has 4 nitrogen and oxygen atoms in total. The lowest BCUT2D eigenvalue weighted by Gasteiger charge is -2.36. The highest BCUT2D eigenvalue weighted by atomic mass is 79.9. The summed E-state index contributed by atoms with van der Waals surface area (Å²) in [4.78, 5) is 12.0. The number of fused-ring (bicyclic) bond motifs is 1. The summed E-state index contributed by atoms with van der Waals surface area (Å²) >= 11 is 3.54. The van der Waals surface area contributed by atoms with E-state index in [1.807, 2.05) is 0 Å². The van der Waals surface area contributed by atoms with E-state index in [-0.39, 0.29) is 0 Å². The summed E-state index contributed by atoms with van der Waals surface area (Å²) in [5, 5.41) is 1.13. The molecule has 2 atom stereocenters. The Morgan fingerprint density at radius 1 is 0.900 bits per heavy atom. The lowest BCUT2D eigenvalue weighted by Crippen LogP contribution is -2.39. The number of hydrogen-bond donors (Lipinski definition) is 0. The molecule has 2 aromatic heterocycles. The zero-order valence-electron chi connectivity index (χ0n) is 17.3. The average Bonchev–Trinajstić information content (AvgIpc) is 3.14. The van der Waals surface area contributed by atoms with Crippen molar-refractivity contribution in [3.8, 4) is 16.8 Å². The van der Waals surface area contributed by atoms with Gasteiger partial charge in [-0.2, -0.15) is 0 Å². The van der Waals surface area contributed by atoms with Gasteiger partial charge in [0, 0.05) is 35.0 Å². The molecular formula is C25H25BrN4. The zero-order chi connectivity index (χ0) is 20.7. The minimum atomic E-state index is 0.660. The maximum atomic E-state index is 4.80. The van der Waals surface area contributed by atoms with Gasteiger partial charge in [-0.15, -0.1) is 0 Å². The van der Waals surface area contributed by atoms with Gasteiger partial charge in [-0.1, -0.05) is 60.1 Å². The molecular weight excluding hydrogens is 436 g/mol. The van der Waals surface area contributed by atoms with Crippen LogP contribution in [-0.2, 0) is 0 Å². The number of anilines is 1. The molecule has 0 amide bonds. The third-order valence-electron chi connectivity index (χ3n) is 5.92. The highest BCUT2D eigenvalue weighted by Gasteiger charge is 2.26. The summed E-state index contributed by atoms with van der Waals surface area (Å²) in [7, 11) is 0. The van der Waals surface area contributed by atoms with Crippen molar-refractivity contribution in [1.29, 1.82) is 0 Å². The monoisotopic (exact) mass is 460 g/mol. The molecule has 5 rings (SSSR count). The van der Waals surface area contributed by atoms with Crippen LogP contribution in [0.25, 0.3) is 27.8 Å². The number of halogens is 1. The van der Waals surface area contributed by atoms with E-state index in [2.05, 4.69) is 100 Å². The van der Waals surface area contributed by atoms with E-state index in [0.29, 0.717) is 11.8 Å². The van der Waals surface area contributed by atoms with E-state index in [1.54, 1.807) is 6.33 Å². The van der Waals surface area contributed by atoms with E-state index in [1.165, 1.54) is 17.5 Å².